The molecule has 1 N–H and O–H groups in total. The summed E-state index contributed by atoms with van der Waals surface area (Å²) in [5, 5.41) is 3.25. The minimum atomic E-state index is -0.121. The summed E-state index contributed by atoms with van der Waals surface area (Å²) in [4.78, 5) is 28.1. The van der Waals surface area contributed by atoms with E-state index in [0.29, 0.717) is 29.1 Å². The van der Waals surface area contributed by atoms with Gasteiger partial charge in [0.25, 0.3) is 0 Å². The van der Waals surface area contributed by atoms with Crippen LogP contribution >= 0.6 is 0 Å². The summed E-state index contributed by atoms with van der Waals surface area (Å²) < 4.78 is 0. The number of unbranched alkanes of at least 4 members (excludes halogenated alkanes) is 2. The predicted molar refractivity (Wildman–Crippen MR) is 105 cm³/mol. The molecule has 0 spiro atoms. The maximum atomic E-state index is 13.2. The monoisotopic (exact) mass is 348 g/mol. The second kappa shape index (κ2) is 8.00. The molecule has 1 aliphatic carbocycles. The molecule has 0 radical (unpaired) electrons. The van der Waals surface area contributed by atoms with Gasteiger partial charge in [0.2, 0.25) is 11.6 Å². The van der Waals surface area contributed by atoms with Crippen molar-refractivity contribution < 1.29 is 9.59 Å². The van der Waals surface area contributed by atoms with Crippen molar-refractivity contribution in [2.24, 2.45) is 0 Å². The SMILES string of the molecule is CCCCCNC1=C(N(C)c2ccccc2)C(=O)c2ccccc2C1=O. The highest BCUT2D eigenvalue weighted by Crippen LogP contribution is 2.29. The average Bonchev–Trinajstić information content (AvgIpc) is 2.69. The molecule has 4 heteroatoms. The number of hydrogen-bond acceptors (Lipinski definition) is 4. The molecule has 2 aromatic rings. The van der Waals surface area contributed by atoms with Crippen LogP contribution in [-0.2, 0) is 0 Å². The number of likely N-dealkylation sites (N-methyl/N-ethyl adjacent to an activating group) is 1. The number of rotatable bonds is 7. The van der Waals surface area contributed by atoms with E-state index in [1.807, 2.05) is 37.4 Å². The Hall–Kier alpha value is -2.88. The van der Waals surface area contributed by atoms with Crippen molar-refractivity contribution in [3.8, 4) is 0 Å². The van der Waals surface area contributed by atoms with Crippen LogP contribution in [0.2, 0.25) is 0 Å². The molecule has 4 nitrogen and oxygen atoms in total. The molecule has 0 unspecified atom stereocenters. The second-order valence-corrected chi connectivity index (χ2v) is 6.46. The van der Waals surface area contributed by atoms with Gasteiger partial charge in [0.15, 0.2) is 0 Å². The molecule has 134 valence electrons. The lowest BCUT2D eigenvalue weighted by Gasteiger charge is -2.29. The van der Waals surface area contributed by atoms with E-state index in [1.165, 1.54) is 0 Å². The highest BCUT2D eigenvalue weighted by molar-refractivity contribution is 6.27. The molecule has 26 heavy (non-hydrogen) atoms. The third kappa shape index (κ3) is 3.40. The topological polar surface area (TPSA) is 49.4 Å². The van der Waals surface area contributed by atoms with Gasteiger partial charge in [0, 0.05) is 30.4 Å². The Balaban J connectivity index is 2.03. The molecule has 0 atom stereocenters. The molecule has 0 heterocycles. The standard InChI is InChI=1S/C22H24N2O2/c1-3-4-10-15-23-19-20(24(2)16-11-6-5-7-12-16)22(26)18-14-9-8-13-17(18)21(19)25/h5-9,11-14,23H,3-4,10,15H2,1-2H3. The largest absolute Gasteiger partial charge is 0.380 e. The molecule has 0 amide bonds. The normalized spacial score (nSPS) is 13.6. The average molecular weight is 348 g/mol. The number of para-hydroxylation sites is 1. The number of allylic oxidation sites excluding steroid dienone is 2. The smallest absolute Gasteiger partial charge is 0.212 e. The van der Waals surface area contributed by atoms with Gasteiger partial charge in [-0.25, -0.2) is 0 Å². The first-order chi connectivity index (χ1) is 12.6. The minimum absolute atomic E-state index is 0.116. The van der Waals surface area contributed by atoms with Crippen molar-refractivity contribution in [1.29, 1.82) is 0 Å². The number of anilines is 1. The third-order valence-electron chi connectivity index (χ3n) is 4.66. The van der Waals surface area contributed by atoms with Crippen LogP contribution < -0.4 is 10.2 Å². The molecule has 2 aromatic carbocycles. The zero-order valence-electron chi connectivity index (χ0n) is 15.3. The molecule has 0 aliphatic heterocycles. The van der Waals surface area contributed by atoms with Gasteiger partial charge in [-0.05, 0) is 18.6 Å². The van der Waals surface area contributed by atoms with E-state index in [0.717, 1.165) is 24.9 Å². The van der Waals surface area contributed by atoms with Crippen LogP contribution in [0.15, 0.2) is 66.0 Å². The van der Waals surface area contributed by atoms with Gasteiger partial charge in [-0.15, -0.1) is 0 Å². The van der Waals surface area contributed by atoms with Crippen molar-refractivity contribution in [2.45, 2.75) is 26.2 Å². The molecule has 0 bridgehead atoms. The van der Waals surface area contributed by atoms with Gasteiger partial charge in [-0.3, -0.25) is 9.59 Å². The van der Waals surface area contributed by atoms with Crippen LogP contribution in [0.5, 0.6) is 0 Å². The second-order valence-electron chi connectivity index (χ2n) is 6.46. The number of nitrogens with zero attached hydrogens (tertiary/aromatic N) is 1. The first-order valence-electron chi connectivity index (χ1n) is 9.10. The lowest BCUT2D eigenvalue weighted by molar-refractivity contribution is 0.0966. The van der Waals surface area contributed by atoms with E-state index < -0.39 is 0 Å². The van der Waals surface area contributed by atoms with Crippen LogP contribution in [0, 0.1) is 0 Å². The minimum Gasteiger partial charge on any atom is -0.380 e. The molecule has 3 rings (SSSR count). The van der Waals surface area contributed by atoms with Crippen LogP contribution in [0.4, 0.5) is 5.69 Å². The van der Waals surface area contributed by atoms with Crippen molar-refractivity contribution >= 4 is 17.3 Å². The van der Waals surface area contributed by atoms with Crippen molar-refractivity contribution in [3.05, 3.63) is 77.1 Å². The number of carbonyl (C=O) groups is 2. The number of hydrogen-bond donors (Lipinski definition) is 1. The number of nitrogens with one attached hydrogen (secondary N) is 1. The lowest BCUT2D eigenvalue weighted by atomic mass is 9.89. The van der Waals surface area contributed by atoms with E-state index in [-0.39, 0.29) is 11.6 Å². The summed E-state index contributed by atoms with van der Waals surface area (Å²) in [5.74, 6) is -0.237. The fraction of sp³-hybridized carbons (Fsp3) is 0.273. The van der Waals surface area contributed by atoms with Gasteiger partial charge < -0.3 is 10.2 Å². The summed E-state index contributed by atoms with van der Waals surface area (Å²) >= 11 is 0. The molecule has 0 aromatic heterocycles. The van der Waals surface area contributed by atoms with Gasteiger partial charge >= 0.3 is 0 Å². The fourth-order valence-corrected chi connectivity index (χ4v) is 3.22. The zero-order valence-corrected chi connectivity index (χ0v) is 15.3. The third-order valence-corrected chi connectivity index (χ3v) is 4.66. The summed E-state index contributed by atoms with van der Waals surface area (Å²) in [5.41, 5.74) is 2.62. The van der Waals surface area contributed by atoms with Gasteiger partial charge in [-0.2, -0.15) is 0 Å². The van der Waals surface area contributed by atoms with E-state index >= 15 is 0 Å². The summed E-state index contributed by atoms with van der Waals surface area (Å²) in [6.45, 7) is 2.82. The predicted octanol–water partition coefficient (Wildman–Crippen LogP) is 4.19. The maximum absolute atomic E-state index is 13.2. The van der Waals surface area contributed by atoms with Gasteiger partial charge in [0.1, 0.15) is 11.4 Å². The molecule has 0 saturated carbocycles. The Labute approximate surface area is 154 Å². The Kier molecular flexibility index (Phi) is 5.52. The maximum Gasteiger partial charge on any atom is 0.212 e. The van der Waals surface area contributed by atoms with Gasteiger partial charge in [0.05, 0.1) is 0 Å². The first kappa shape index (κ1) is 17.9. The number of fused-ring (bicyclic) bond motifs is 1. The number of carbonyl (C=O) groups excluding carboxylic acids is 2. The molecular formula is C22H24N2O2. The van der Waals surface area contributed by atoms with E-state index in [1.54, 1.807) is 29.2 Å². The van der Waals surface area contributed by atoms with Crippen LogP contribution in [0.1, 0.15) is 46.9 Å². The van der Waals surface area contributed by atoms with E-state index in [4.69, 9.17) is 0 Å². The Morgan fingerprint density at radius 3 is 2.12 bits per heavy atom. The summed E-state index contributed by atoms with van der Waals surface area (Å²) in [6.07, 6.45) is 3.15. The number of benzene rings is 2. The van der Waals surface area contributed by atoms with Crippen molar-refractivity contribution in [3.63, 3.8) is 0 Å². The van der Waals surface area contributed by atoms with Crippen LogP contribution in [-0.4, -0.2) is 25.2 Å². The summed E-state index contributed by atoms with van der Waals surface area (Å²) in [7, 11) is 1.83. The van der Waals surface area contributed by atoms with Crippen molar-refractivity contribution in [1.82, 2.24) is 5.32 Å². The fourth-order valence-electron chi connectivity index (χ4n) is 3.22. The first-order valence-corrected chi connectivity index (χ1v) is 9.10. The zero-order chi connectivity index (χ0) is 18.5. The molecule has 0 fully saturated rings. The highest BCUT2D eigenvalue weighted by atomic mass is 16.1. The highest BCUT2D eigenvalue weighted by Gasteiger charge is 2.34. The molecule has 0 saturated heterocycles. The molecule has 1 aliphatic rings. The van der Waals surface area contributed by atoms with Crippen LogP contribution in [0.3, 0.4) is 0 Å². The Morgan fingerprint density at radius 1 is 0.846 bits per heavy atom. The number of ketones is 2. The van der Waals surface area contributed by atoms with E-state index in [9.17, 15) is 9.59 Å². The van der Waals surface area contributed by atoms with Gasteiger partial charge in [-0.1, -0.05) is 62.2 Å². The quantitative estimate of drug-likeness (QED) is 0.762. The Morgan fingerprint density at radius 2 is 1.46 bits per heavy atom. The summed E-state index contributed by atoms with van der Waals surface area (Å²) in [6, 6.07) is 16.7. The van der Waals surface area contributed by atoms with Crippen molar-refractivity contribution in [2.75, 3.05) is 18.5 Å². The van der Waals surface area contributed by atoms with Crippen LogP contribution in [0.25, 0.3) is 0 Å². The van der Waals surface area contributed by atoms with E-state index in [2.05, 4.69) is 12.2 Å². The lowest BCUT2D eigenvalue weighted by Crippen LogP contribution is -2.37. The Bertz CT molecular complexity index is 840. The molecular weight excluding hydrogens is 324 g/mol. The number of Topliss-reactive ketones (excluding diaryl/α,β-unsaturated/α-hetero) is 2.